The lowest BCUT2D eigenvalue weighted by Crippen LogP contribution is -2.33. The molecule has 0 aliphatic carbocycles. The summed E-state index contributed by atoms with van der Waals surface area (Å²) in [6, 6.07) is 1.27. The number of ether oxygens (including phenoxy) is 1. The van der Waals surface area contributed by atoms with Crippen LogP contribution in [0, 0.1) is 11.6 Å². The summed E-state index contributed by atoms with van der Waals surface area (Å²) >= 11 is 2.78. The fraction of sp³-hybridized carbons (Fsp3) is 0.300. The average molecular weight is 358 g/mol. The van der Waals surface area contributed by atoms with Crippen molar-refractivity contribution in [1.29, 1.82) is 0 Å². The second-order valence-electron chi connectivity index (χ2n) is 3.54. The van der Waals surface area contributed by atoms with Crippen molar-refractivity contribution >= 4 is 31.9 Å². The molecule has 0 spiro atoms. The Labute approximate surface area is 117 Å². The number of rotatable bonds is 4. The van der Waals surface area contributed by atoms with Crippen LogP contribution in [-0.4, -0.2) is 39.4 Å². The van der Waals surface area contributed by atoms with Gasteiger partial charge in [-0.1, -0.05) is 0 Å². The maximum absolute atomic E-state index is 13.6. The van der Waals surface area contributed by atoms with E-state index in [2.05, 4.69) is 20.7 Å². The number of esters is 1. The van der Waals surface area contributed by atoms with Gasteiger partial charge in [0.1, 0.15) is 23.1 Å². The van der Waals surface area contributed by atoms with E-state index in [9.17, 15) is 22.0 Å². The minimum Gasteiger partial charge on any atom is -0.468 e. The average Bonchev–Trinajstić information content (AvgIpc) is 2.26. The van der Waals surface area contributed by atoms with Crippen molar-refractivity contribution in [3.05, 3.63) is 28.2 Å². The molecule has 0 amide bonds. The molecule has 0 bridgehead atoms. The lowest BCUT2D eigenvalue weighted by atomic mass is 10.3. The van der Waals surface area contributed by atoms with Gasteiger partial charge in [0.25, 0.3) is 0 Å². The number of methoxy groups -OCH3 is 1. The molecular formula is C10H10BrF2NO4S. The van der Waals surface area contributed by atoms with Crippen LogP contribution in [0.2, 0.25) is 0 Å². The quantitative estimate of drug-likeness (QED) is 0.766. The number of hydrogen-bond acceptors (Lipinski definition) is 4. The largest absolute Gasteiger partial charge is 0.468 e. The van der Waals surface area contributed by atoms with Crippen LogP contribution >= 0.6 is 15.9 Å². The van der Waals surface area contributed by atoms with Gasteiger partial charge in [-0.25, -0.2) is 17.2 Å². The molecule has 1 aromatic rings. The van der Waals surface area contributed by atoms with Crippen molar-refractivity contribution < 1.29 is 26.7 Å². The zero-order valence-corrected chi connectivity index (χ0v) is 12.4. The van der Waals surface area contributed by atoms with Crippen molar-refractivity contribution in [2.75, 3.05) is 20.7 Å². The van der Waals surface area contributed by atoms with Gasteiger partial charge in [0.05, 0.1) is 7.11 Å². The van der Waals surface area contributed by atoms with Crippen LogP contribution in [0.3, 0.4) is 0 Å². The van der Waals surface area contributed by atoms with Crippen LogP contribution in [0.4, 0.5) is 8.78 Å². The third-order valence-corrected chi connectivity index (χ3v) is 4.98. The molecule has 19 heavy (non-hydrogen) atoms. The Morgan fingerprint density at radius 1 is 1.42 bits per heavy atom. The van der Waals surface area contributed by atoms with E-state index in [1.807, 2.05) is 0 Å². The highest BCUT2D eigenvalue weighted by molar-refractivity contribution is 9.10. The van der Waals surface area contributed by atoms with E-state index in [4.69, 9.17) is 0 Å². The first kappa shape index (κ1) is 16.0. The van der Waals surface area contributed by atoms with E-state index >= 15 is 0 Å². The molecule has 0 aromatic heterocycles. The van der Waals surface area contributed by atoms with E-state index in [1.165, 1.54) is 0 Å². The van der Waals surface area contributed by atoms with E-state index in [0.29, 0.717) is 10.4 Å². The van der Waals surface area contributed by atoms with Crippen LogP contribution < -0.4 is 0 Å². The number of hydrogen-bond donors (Lipinski definition) is 0. The molecule has 0 atom stereocenters. The highest BCUT2D eigenvalue weighted by atomic mass is 79.9. The molecule has 5 nitrogen and oxygen atoms in total. The molecule has 0 unspecified atom stereocenters. The van der Waals surface area contributed by atoms with E-state index < -0.39 is 39.1 Å². The molecule has 0 aliphatic rings. The van der Waals surface area contributed by atoms with Gasteiger partial charge < -0.3 is 4.74 Å². The molecule has 9 heteroatoms. The topological polar surface area (TPSA) is 63.7 Å². The Balaban J connectivity index is 3.24. The molecular weight excluding hydrogens is 348 g/mol. The summed E-state index contributed by atoms with van der Waals surface area (Å²) in [5.74, 6) is -2.97. The zero-order valence-electron chi connectivity index (χ0n) is 9.98. The highest BCUT2D eigenvalue weighted by Crippen LogP contribution is 2.28. The second kappa shape index (κ2) is 5.93. The number of sulfonamides is 1. The molecule has 0 N–H and O–H groups in total. The highest BCUT2D eigenvalue weighted by Gasteiger charge is 2.29. The third kappa shape index (κ3) is 3.48. The van der Waals surface area contributed by atoms with Gasteiger partial charge in [-0.3, -0.25) is 4.79 Å². The molecule has 0 saturated carbocycles. The molecule has 0 saturated heterocycles. The van der Waals surface area contributed by atoms with Crippen molar-refractivity contribution in [2.45, 2.75) is 4.90 Å². The maximum atomic E-state index is 13.6. The summed E-state index contributed by atoms with van der Waals surface area (Å²) in [4.78, 5) is 10.3. The normalized spacial score (nSPS) is 11.7. The van der Waals surface area contributed by atoms with Crippen molar-refractivity contribution in [3.8, 4) is 0 Å². The third-order valence-electron chi connectivity index (χ3n) is 2.21. The van der Waals surface area contributed by atoms with Crippen LogP contribution in [-0.2, 0) is 19.6 Å². The van der Waals surface area contributed by atoms with Gasteiger partial charge in [-0.15, -0.1) is 0 Å². The van der Waals surface area contributed by atoms with Gasteiger partial charge in [-0.2, -0.15) is 4.31 Å². The summed E-state index contributed by atoms with van der Waals surface area (Å²) < 4.78 is 55.3. The van der Waals surface area contributed by atoms with Crippen molar-refractivity contribution in [3.63, 3.8) is 0 Å². The van der Waals surface area contributed by atoms with Gasteiger partial charge in [0.15, 0.2) is 0 Å². The van der Waals surface area contributed by atoms with Gasteiger partial charge in [-0.05, 0) is 22.0 Å². The molecule has 0 heterocycles. The summed E-state index contributed by atoms with van der Waals surface area (Å²) in [5.41, 5.74) is 0. The first-order valence-electron chi connectivity index (χ1n) is 4.88. The number of carbonyl (C=O) groups excluding carboxylic acids is 1. The number of nitrogens with zero attached hydrogens (tertiary/aromatic N) is 1. The Hall–Kier alpha value is -1.06. The Morgan fingerprint density at radius 2 is 2.00 bits per heavy atom. The molecule has 1 aromatic carbocycles. The number of likely N-dealkylation sites (N-methyl/N-ethyl adjacent to an activating group) is 1. The summed E-state index contributed by atoms with van der Waals surface area (Å²) in [7, 11) is -2.10. The Morgan fingerprint density at radius 3 is 2.47 bits per heavy atom. The fourth-order valence-electron chi connectivity index (χ4n) is 1.26. The number of carbonyl (C=O) groups is 1. The standard InChI is InChI=1S/C10H10BrF2NO4S/c1-14(5-9(15)18-2)19(16,17)10-7(11)3-6(12)4-8(10)13/h3-4H,5H2,1-2H3. The molecule has 1 rings (SSSR count). The molecule has 0 aliphatic heterocycles. The van der Waals surface area contributed by atoms with Crippen LogP contribution in [0.1, 0.15) is 0 Å². The minimum atomic E-state index is -4.28. The number of benzene rings is 1. The van der Waals surface area contributed by atoms with Gasteiger partial charge in [0.2, 0.25) is 10.0 Å². The van der Waals surface area contributed by atoms with Crippen LogP contribution in [0.15, 0.2) is 21.5 Å². The van der Waals surface area contributed by atoms with Gasteiger partial charge >= 0.3 is 5.97 Å². The first-order valence-corrected chi connectivity index (χ1v) is 7.11. The molecule has 106 valence electrons. The first-order chi connectivity index (χ1) is 8.70. The summed E-state index contributed by atoms with van der Waals surface area (Å²) in [5, 5.41) is 0. The predicted molar refractivity (Wildman–Crippen MR) is 65.9 cm³/mol. The van der Waals surface area contributed by atoms with Crippen LogP contribution in [0.5, 0.6) is 0 Å². The zero-order chi connectivity index (χ0) is 14.8. The van der Waals surface area contributed by atoms with Crippen molar-refractivity contribution in [2.24, 2.45) is 0 Å². The molecule has 0 radical (unpaired) electrons. The van der Waals surface area contributed by atoms with E-state index in [0.717, 1.165) is 20.2 Å². The van der Waals surface area contributed by atoms with Crippen molar-refractivity contribution in [1.82, 2.24) is 4.31 Å². The summed E-state index contributed by atoms with van der Waals surface area (Å²) in [6.45, 7) is -0.581. The van der Waals surface area contributed by atoms with Gasteiger partial charge in [0, 0.05) is 17.6 Å². The lowest BCUT2D eigenvalue weighted by molar-refractivity contribution is -0.140. The Kier molecular flexibility index (Phi) is 4.99. The SMILES string of the molecule is COC(=O)CN(C)S(=O)(=O)c1c(F)cc(F)cc1Br. The monoisotopic (exact) mass is 357 g/mol. The smallest absolute Gasteiger partial charge is 0.321 e. The maximum Gasteiger partial charge on any atom is 0.321 e. The van der Waals surface area contributed by atoms with E-state index in [1.54, 1.807) is 0 Å². The molecule has 0 fully saturated rings. The number of halogens is 3. The fourth-order valence-corrected chi connectivity index (χ4v) is 3.48. The Bertz CT molecular complexity index is 583. The van der Waals surface area contributed by atoms with E-state index in [-0.39, 0.29) is 4.47 Å². The summed E-state index contributed by atoms with van der Waals surface area (Å²) in [6.07, 6.45) is 0. The second-order valence-corrected chi connectivity index (χ2v) is 6.37. The van der Waals surface area contributed by atoms with Crippen LogP contribution in [0.25, 0.3) is 0 Å². The minimum absolute atomic E-state index is 0.262. The lowest BCUT2D eigenvalue weighted by Gasteiger charge is -2.17. The predicted octanol–water partition coefficient (Wildman–Crippen LogP) is 1.52.